The average molecular weight is 559 g/mol. The van der Waals surface area contributed by atoms with Gasteiger partial charge in [0.05, 0.1) is 17.6 Å². The lowest BCUT2D eigenvalue weighted by Crippen LogP contribution is -2.33. The van der Waals surface area contributed by atoms with Crippen LogP contribution in [-0.2, 0) is 31.0 Å². The quantitative estimate of drug-likeness (QED) is 0.179. The number of amidine groups is 1. The molecule has 0 saturated heterocycles. The van der Waals surface area contributed by atoms with E-state index in [1.807, 2.05) is 103 Å². The Morgan fingerprint density at radius 1 is 0.833 bits per heavy atom. The molecule has 4 aromatic carbocycles. The number of hydrogen-bond acceptors (Lipinski definition) is 6. The van der Waals surface area contributed by atoms with Crippen LogP contribution in [0, 0.1) is 5.41 Å². The molecule has 3 N–H and O–H groups in total. The lowest BCUT2D eigenvalue weighted by Gasteiger charge is -2.28. The number of carbonyl (C=O) groups excluding carboxylic acids is 2. The Kier molecular flexibility index (Phi) is 7.74. The molecular formula is C33H30N6O3. The van der Waals surface area contributed by atoms with E-state index in [4.69, 9.17) is 15.1 Å². The number of nitrogens with zero attached hydrogens (tertiary/aromatic N) is 3. The molecule has 2 amide bonds. The molecule has 0 fully saturated rings. The number of imidazole rings is 1. The van der Waals surface area contributed by atoms with Crippen molar-refractivity contribution in [2.24, 2.45) is 0 Å². The smallest absolute Gasteiger partial charge is 0.413 e. The summed E-state index contributed by atoms with van der Waals surface area (Å²) in [4.78, 5) is 32.1. The van der Waals surface area contributed by atoms with E-state index >= 15 is 0 Å². The summed E-state index contributed by atoms with van der Waals surface area (Å²) in [6.07, 6.45) is -0.659. The maximum Gasteiger partial charge on any atom is 0.413 e. The SMILES string of the molecule is N=C(NC(=O)OCc1ccccc1)c1ccc(CN2CCn3c(nc4cc(C(=O)Nc5ccccc5)ccc43)C2)cc1. The van der Waals surface area contributed by atoms with Gasteiger partial charge in [-0.1, -0.05) is 72.8 Å². The van der Waals surface area contributed by atoms with Gasteiger partial charge in [0.15, 0.2) is 0 Å². The molecule has 5 aromatic rings. The molecule has 9 heteroatoms. The summed E-state index contributed by atoms with van der Waals surface area (Å²) in [5.74, 6) is 0.795. The van der Waals surface area contributed by atoms with Crippen LogP contribution in [0.4, 0.5) is 10.5 Å². The van der Waals surface area contributed by atoms with E-state index in [9.17, 15) is 9.59 Å². The summed E-state index contributed by atoms with van der Waals surface area (Å²) in [6.45, 7) is 3.23. The standard InChI is InChI=1S/C33H30N6O3/c34-31(37-33(41)42-22-24-7-3-1-4-8-24)25-13-11-23(12-14-25)20-38-17-18-39-29-16-15-26(19-28(29)36-30(39)21-38)32(40)35-27-9-5-2-6-10-27/h1-16,19H,17-18,20-22H2,(H,35,40)(H2,34,37,41). The van der Waals surface area contributed by atoms with Crippen LogP contribution in [-0.4, -0.2) is 38.8 Å². The molecule has 1 aromatic heterocycles. The number of nitrogens with one attached hydrogen (secondary N) is 3. The molecule has 0 atom stereocenters. The number of para-hydroxylation sites is 1. The number of alkyl carbamates (subject to hydrolysis) is 1. The molecule has 1 aliphatic rings. The van der Waals surface area contributed by atoms with E-state index in [1.54, 1.807) is 0 Å². The second-order valence-electron chi connectivity index (χ2n) is 10.2. The van der Waals surface area contributed by atoms with Gasteiger partial charge in [-0.2, -0.15) is 0 Å². The third-order valence-electron chi connectivity index (χ3n) is 7.21. The molecule has 0 radical (unpaired) electrons. The predicted molar refractivity (Wildman–Crippen MR) is 161 cm³/mol. The summed E-state index contributed by atoms with van der Waals surface area (Å²) in [6, 6.07) is 32.1. The van der Waals surface area contributed by atoms with Crippen molar-refractivity contribution in [3.63, 3.8) is 0 Å². The van der Waals surface area contributed by atoms with Crippen LogP contribution in [0.3, 0.4) is 0 Å². The van der Waals surface area contributed by atoms with Crippen LogP contribution in [0.15, 0.2) is 103 Å². The highest BCUT2D eigenvalue weighted by Gasteiger charge is 2.21. The highest BCUT2D eigenvalue weighted by Crippen LogP contribution is 2.24. The number of fused-ring (bicyclic) bond motifs is 3. The number of rotatable bonds is 7. The highest BCUT2D eigenvalue weighted by molar-refractivity contribution is 6.06. The predicted octanol–water partition coefficient (Wildman–Crippen LogP) is 5.56. The van der Waals surface area contributed by atoms with Gasteiger partial charge >= 0.3 is 6.09 Å². The second-order valence-corrected chi connectivity index (χ2v) is 10.2. The van der Waals surface area contributed by atoms with Gasteiger partial charge in [0, 0.05) is 36.4 Å². The average Bonchev–Trinajstić information content (AvgIpc) is 3.38. The van der Waals surface area contributed by atoms with Crippen molar-refractivity contribution in [3.8, 4) is 0 Å². The van der Waals surface area contributed by atoms with Crippen LogP contribution in [0.2, 0.25) is 0 Å². The van der Waals surface area contributed by atoms with E-state index < -0.39 is 6.09 Å². The lowest BCUT2D eigenvalue weighted by atomic mass is 10.1. The minimum absolute atomic E-state index is 0.0110. The Morgan fingerprint density at radius 3 is 2.31 bits per heavy atom. The molecule has 210 valence electrons. The van der Waals surface area contributed by atoms with Crippen molar-refractivity contribution in [2.45, 2.75) is 26.2 Å². The maximum absolute atomic E-state index is 12.8. The van der Waals surface area contributed by atoms with Gasteiger partial charge in [-0.05, 0) is 41.5 Å². The molecule has 1 aliphatic heterocycles. The number of ether oxygens (including phenoxy) is 1. The number of anilines is 1. The summed E-state index contributed by atoms with van der Waals surface area (Å²) in [5, 5.41) is 13.7. The van der Waals surface area contributed by atoms with Gasteiger partial charge in [-0.3, -0.25) is 20.4 Å². The van der Waals surface area contributed by atoms with Gasteiger partial charge in [-0.25, -0.2) is 9.78 Å². The summed E-state index contributed by atoms with van der Waals surface area (Å²) in [5.41, 5.74) is 5.75. The van der Waals surface area contributed by atoms with E-state index in [2.05, 4.69) is 20.1 Å². The van der Waals surface area contributed by atoms with Crippen LogP contribution in [0.25, 0.3) is 11.0 Å². The molecule has 0 aliphatic carbocycles. The first-order valence-electron chi connectivity index (χ1n) is 13.8. The van der Waals surface area contributed by atoms with Crippen molar-refractivity contribution in [2.75, 3.05) is 11.9 Å². The Labute approximate surface area is 243 Å². The fourth-order valence-corrected chi connectivity index (χ4v) is 5.04. The molecular weight excluding hydrogens is 528 g/mol. The van der Waals surface area contributed by atoms with E-state index in [0.29, 0.717) is 17.7 Å². The second kappa shape index (κ2) is 12.1. The monoisotopic (exact) mass is 558 g/mol. The van der Waals surface area contributed by atoms with E-state index in [1.165, 1.54) is 0 Å². The molecule has 2 heterocycles. The summed E-state index contributed by atoms with van der Waals surface area (Å²) in [7, 11) is 0. The van der Waals surface area contributed by atoms with Gasteiger partial charge < -0.3 is 14.6 Å². The molecule has 0 bridgehead atoms. The fourth-order valence-electron chi connectivity index (χ4n) is 5.04. The summed E-state index contributed by atoms with van der Waals surface area (Å²) < 4.78 is 7.43. The molecule has 9 nitrogen and oxygen atoms in total. The maximum atomic E-state index is 12.8. The largest absolute Gasteiger partial charge is 0.444 e. The van der Waals surface area contributed by atoms with Gasteiger partial charge in [0.1, 0.15) is 18.3 Å². The zero-order valence-corrected chi connectivity index (χ0v) is 22.9. The van der Waals surface area contributed by atoms with Crippen LogP contribution < -0.4 is 10.6 Å². The van der Waals surface area contributed by atoms with Crippen LogP contribution >= 0.6 is 0 Å². The number of hydrogen-bond donors (Lipinski definition) is 3. The molecule has 0 unspecified atom stereocenters. The van der Waals surface area contributed by atoms with Crippen LogP contribution in [0.5, 0.6) is 0 Å². The minimum Gasteiger partial charge on any atom is -0.444 e. The number of amides is 2. The summed E-state index contributed by atoms with van der Waals surface area (Å²) >= 11 is 0. The fraction of sp³-hybridized carbons (Fsp3) is 0.152. The van der Waals surface area contributed by atoms with Gasteiger partial charge in [0.25, 0.3) is 5.91 Å². The minimum atomic E-state index is -0.659. The van der Waals surface area contributed by atoms with Gasteiger partial charge in [-0.15, -0.1) is 0 Å². The Hall–Kier alpha value is -5.28. The first-order chi connectivity index (χ1) is 20.5. The number of benzene rings is 4. The number of carbonyl (C=O) groups is 2. The molecule has 42 heavy (non-hydrogen) atoms. The Bertz CT molecular complexity index is 1730. The van der Waals surface area contributed by atoms with Crippen molar-refractivity contribution < 1.29 is 14.3 Å². The van der Waals surface area contributed by atoms with Crippen molar-refractivity contribution in [3.05, 3.63) is 131 Å². The van der Waals surface area contributed by atoms with Crippen molar-refractivity contribution >= 4 is 34.6 Å². The zero-order valence-electron chi connectivity index (χ0n) is 22.9. The topological polar surface area (TPSA) is 112 Å². The van der Waals surface area contributed by atoms with E-state index in [0.717, 1.165) is 53.3 Å². The zero-order chi connectivity index (χ0) is 28.9. The first kappa shape index (κ1) is 26.9. The third-order valence-corrected chi connectivity index (χ3v) is 7.21. The van der Waals surface area contributed by atoms with Crippen LogP contribution in [0.1, 0.15) is 32.9 Å². The van der Waals surface area contributed by atoms with Gasteiger partial charge in [0.2, 0.25) is 0 Å². The Morgan fingerprint density at radius 2 is 1.55 bits per heavy atom. The molecule has 0 spiro atoms. The first-order valence-corrected chi connectivity index (χ1v) is 13.8. The van der Waals surface area contributed by atoms with Crippen molar-refractivity contribution in [1.82, 2.24) is 19.8 Å². The normalized spacial score (nSPS) is 12.9. The third kappa shape index (κ3) is 6.21. The van der Waals surface area contributed by atoms with Crippen molar-refractivity contribution in [1.29, 1.82) is 5.41 Å². The number of aromatic nitrogens is 2. The lowest BCUT2D eigenvalue weighted by molar-refractivity contribution is 0.102. The molecule has 0 saturated carbocycles. The Balaban J connectivity index is 1.04. The molecule has 6 rings (SSSR count). The highest BCUT2D eigenvalue weighted by atomic mass is 16.5. The van der Waals surface area contributed by atoms with E-state index in [-0.39, 0.29) is 18.3 Å².